The van der Waals surface area contributed by atoms with E-state index in [9.17, 15) is 9.18 Å². The van der Waals surface area contributed by atoms with Crippen LogP contribution >= 0.6 is 0 Å². The van der Waals surface area contributed by atoms with Crippen molar-refractivity contribution in [3.63, 3.8) is 0 Å². The number of hydrogen-bond donors (Lipinski definition) is 0. The minimum atomic E-state index is -1.33. The van der Waals surface area contributed by atoms with Gasteiger partial charge in [-0.15, -0.1) is 0 Å². The number of rotatable bonds is 3. The molecule has 1 saturated heterocycles. The van der Waals surface area contributed by atoms with Gasteiger partial charge in [0.2, 0.25) is 0 Å². The number of carbonyl (C=O) groups is 1. The molecular weight excluding hydrogens is 159 g/mol. The van der Waals surface area contributed by atoms with E-state index in [2.05, 4.69) is 0 Å². The van der Waals surface area contributed by atoms with Gasteiger partial charge in [-0.25, -0.2) is 4.39 Å². The highest BCUT2D eigenvalue weighted by Crippen LogP contribution is 2.18. The van der Waals surface area contributed by atoms with Gasteiger partial charge in [0.1, 0.15) is 0 Å². The van der Waals surface area contributed by atoms with Crippen LogP contribution in [0.5, 0.6) is 0 Å². The standard InChI is InChI=1S/C9H15FO2/c1-7(11)9(10)6-8-4-2-3-5-12-8/h8-9H,2-6H2,1H3. The molecule has 1 fully saturated rings. The van der Waals surface area contributed by atoms with Crippen LogP contribution in [0.15, 0.2) is 0 Å². The molecule has 70 valence electrons. The van der Waals surface area contributed by atoms with Gasteiger partial charge < -0.3 is 4.74 Å². The molecule has 1 heterocycles. The largest absolute Gasteiger partial charge is 0.378 e. The van der Waals surface area contributed by atoms with Crippen molar-refractivity contribution in [1.29, 1.82) is 0 Å². The molecule has 12 heavy (non-hydrogen) atoms. The van der Waals surface area contributed by atoms with E-state index >= 15 is 0 Å². The summed E-state index contributed by atoms with van der Waals surface area (Å²) in [6, 6.07) is 0. The van der Waals surface area contributed by atoms with Crippen LogP contribution in [0.4, 0.5) is 4.39 Å². The fraction of sp³-hybridized carbons (Fsp3) is 0.889. The summed E-state index contributed by atoms with van der Waals surface area (Å²) >= 11 is 0. The van der Waals surface area contributed by atoms with Gasteiger partial charge >= 0.3 is 0 Å². The molecule has 2 unspecified atom stereocenters. The zero-order valence-electron chi connectivity index (χ0n) is 7.38. The van der Waals surface area contributed by atoms with Crippen LogP contribution in [0, 0.1) is 0 Å². The van der Waals surface area contributed by atoms with Crippen molar-refractivity contribution < 1.29 is 13.9 Å². The number of Topliss-reactive ketones (excluding diaryl/α,β-unsaturated/α-hetero) is 1. The fourth-order valence-corrected chi connectivity index (χ4v) is 1.39. The summed E-state index contributed by atoms with van der Waals surface area (Å²) in [7, 11) is 0. The Bertz CT molecular complexity index is 153. The Kier molecular flexibility index (Phi) is 3.66. The molecule has 0 aliphatic carbocycles. The molecule has 0 spiro atoms. The summed E-state index contributed by atoms with van der Waals surface area (Å²) in [6.45, 7) is 2.00. The summed E-state index contributed by atoms with van der Waals surface area (Å²) in [6.07, 6.45) is 1.94. The second kappa shape index (κ2) is 4.55. The third-order valence-corrected chi connectivity index (χ3v) is 2.18. The lowest BCUT2D eigenvalue weighted by Crippen LogP contribution is -2.25. The molecule has 0 N–H and O–H groups in total. The highest BCUT2D eigenvalue weighted by atomic mass is 19.1. The van der Waals surface area contributed by atoms with E-state index in [-0.39, 0.29) is 18.3 Å². The molecule has 0 amide bonds. The molecule has 3 heteroatoms. The smallest absolute Gasteiger partial charge is 0.163 e. The van der Waals surface area contributed by atoms with Gasteiger partial charge in [-0.1, -0.05) is 0 Å². The maximum absolute atomic E-state index is 12.9. The van der Waals surface area contributed by atoms with Gasteiger partial charge in [0, 0.05) is 13.0 Å². The second-order valence-corrected chi connectivity index (χ2v) is 3.30. The molecule has 1 rings (SSSR count). The van der Waals surface area contributed by atoms with Crippen LogP contribution in [0.1, 0.15) is 32.6 Å². The Labute approximate surface area is 72.1 Å². The first-order valence-corrected chi connectivity index (χ1v) is 4.46. The van der Waals surface area contributed by atoms with Gasteiger partial charge in [-0.2, -0.15) is 0 Å². The minimum absolute atomic E-state index is 0.0300. The zero-order chi connectivity index (χ0) is 8.97. The third kappa shape index (κ3) is 2.89. The van der Waals surface area contributed by atoms with Crippen molar-refractivity contribution in [2.24, 2.45) is 0 Å². The lowest BCUT2D eigenvalue weighted by atomic mass is 10.0. The molecule has 0 aromatic carbocycles. The van der Waals surface area contributed by atoms with Crippen LogP contribution < -0.4 is 0 Å². The highest BCUT2D eigenvalue weighted by molar-refractivity contribution is 5.80. The Morgan fingerprint density at radius 1 is 1.67 bits per heavy atom. The summed E-state index contributed by atoms with van der Waals surface area (Å²) < 4.78 is 18.2. The lowest BCUT2D eigenvalue weighted by molar-refractivity contribution is -0.123. The van der Waals surface area contributed by atoms with Gasteiger partial charge in [-0.3, -0.25) is 4.79 Å². The molecule has 0 radical (unpaired) electrons. The summed E-state index contributed by atoms with van der Waals surface area (Å²) in [5.41, 5.74) is 0. The fourth-order valence-electron chi connectivity index (χ4n) is 1.39. The van der Waals surface area contributed by atoms with Gasteiger partial charge in [0.15, 0.2) is 12.0 Å². The number of halogens is 1. The Hall–Kier alpha value is -0.440. The van der Waals surface area contributed by atoms with Gasteiger partial charge in [0.05, 0.1) is 6.10 Å². The quantitative estimate of drug-likeness (QED) is 0.653. The van der Waals surface area contributed by atoms with E-state index in [1.54, 1.807) is 0 Å². The molecular formula is C9H15FO2. The zero-order valence-corrected chi connectivity index (χ0v) is 7.38. The summed E-state index contributed by atoms with van der Waals surface area (Å²) in [5.74, 6) is -0.385. The van der Waals surface area contributed by atoms with Crippen LogP contribution in [0.2, 0.25) is 0 Å². The maximum Gasteiger partial charge on any atom is 0.163 e. The summed E-state index contributed by atoms with van der Waals surface area (Å²) in [4.78, 5) is 10.6. The highest BCUT2D eigenvalue weighted by Gasteiger charge is 2.21. The van der Waals surface area contributed by atoms with Crippen molar-refractivity contribution in [3.05, 3.63) is 0 Å². The van der Waals surface area contributed by atoms with E-state index < -0.39 is 6.17 Å². The number of ketones is 1. The molecule has 0 aromatic rings. The first-order valence-electron chi connectivity index (χ1n) is 4.46. The molecule has 2 nitrogen and oxygen atoms in total. The topological polar surface area (TPSA) is 26.3 Å². The van der Waals surface area contributed by atoms with E-state index in [0.29, 0.717) is 0 Å². The Balaban J connectivity index is 2.24. The minimum Gasteiger partial charge on any atom is -0.378 e. The number of ether oxygens (including phenoxy) is 1. The van der Waals surface area contributed by atoms with E-state index in [4.69, 9.17) is 4.74 Å². The van der Waals surface area contributed by atoms with Crippen molar-refractivity contribution in [3.8, 4) is 0 Å². The average Bonchev–Trinajstić information content (AvgIpc) is 2.06. The summed E-state index contributed by atoms with van der Waals surface area (Å²) in [5, 5.41) is 0. The van der Waals surface area contributed by atoms with E-state index in [0.717, 1.165) is 25.9 Å². The van der Waals surface area contributed by atoms with Crippen molar-refractivity contribution in [2.45, 2.75) is 44.9 Å². The molecule has 0 bridgehead atoms. The lowest BCUT2D eigenvalue weighted by Gasteiger charge is -2.23. The number of alkyl halides is 1. The van der Waals surface area contributed by atoms with Crippen LogP contribution in [-0.2, 0) is 9.53 Å². The van der Waals surface area contributed by atoms with Crippen LogP contribution in [0.3, 0.4) is 0 Å². The maximum atomic E-state index is 12.9. The van der Waals surface area contributed by atoms with Crippen LogP contribution in [-0.4, -0.2) is 24.7 Å². The van der Waals surface area contributed by atoms with Gasteiger partial charge in [0.25, 0.3) is 0 Å². The third-order valence-electron chi connectivity index (χ3n) is 2.18. The first-order chi connectivity index (χ1) is 5.70. The van der Waals surface area contributed by atoms with E-state index in [1.165, 1.54) is 6.92 Å². The predicted octanol–water partition coefficient (Wildman–Crippen LogP) is 1.87. The average molecular weight is 174 g/mol. The van der Waals surface area contributed by atoms with Crippen molar-refractivity contribution >= 4 is 5.78 Å². The normalized spacial score (nSPS) is 26.7. The SMILES string of the molecule is CC(=O)C(F)CC1CCCCO1. The predicted molar refractivity (Wildman–Crippen MR) is 43.8 cm³/mol. The molecule has 2 atom stereocenters. The van der Waals surface area contributed by atoms with Crippen molar-refractivity contribution in [2.75, 3.05) is 6.61 Å². The van der Waals surface area contributed by atoms with Gasteiger partial charge in [-0.05, 0) is 26.2 Å². The van der Waals surface area contributed by atoms with E-state index in [1.807, 2.05) is 0 Å². The van der Waals surface area contributed by atoms with Crippen molar-refractivity contribution in [1.82, 2.24) is 0 Å². The second-order valence-electron chi connectivity index (χ2n) is 3.30. The monoisotopic (exact) mass is 174 g/mol. The molecule has 1 aliphatic heterocycles. The number of hydrogen-bond acceptors (Lipinski definition) is 2. The molecule has 0 aromatic heterocycles. The molecule has 1 aliphatic rings. The Morgan fingerprint density at radius 2 is 2.42 bits per heavy atom. The number of carbonyl (C=O) groups excluding carboxylic acids is 1. The molecule has 0 saturated carbocycles. The van der Waals surface area contributed by atoms with Crippen LogP contribution in [0.25, 0.3) is 0 Å². The first kappa shape index (κ1) is 9.65. The Morgan fingerprint density at radius 3 is 2.92 bits per heavy atom.